The predicted molar refractivity (Wildman–Crippen MR) is 112 cm³/mol. The van der Waals surface area contributed by atoms with Crippen LogP contribution in [-0.4, -0.2) is 26.8 Å². The molecule has 0 aliphatic rings. The van der Waals surface area contributed by atoms with Gasteiger partial charge in [-0.2, -0.15) is 9.78 Å². The SMILES string of the molecule is Cc1ccc(-n2nc(C(=O)NCC(C)C)c(=O)n(Cc3ccccc3)c2=O)cc1. The number of benzene rings is 2. The molecular formula is C22H24N4O3. The molecule has 7 nitrogen and oxygen atoms in total. The fraction of sp³-hybridized carbons (Fsp3) is 0.273. The number of nitrogens with zero attached hydrogens (tertiary/aromatic N) is 3. The monoisotopic (exact) mass is 392 g/mol. The first-order chi connectivity index (χ1) is 13.9. The Morgan fingerprint density at radius 3 is 2.31 bits per heavy atom. The van der Waals surface area contributed by atoms with Crippen molar-refractivity contribution in [3.05, 3.63) is 92.3 Å². The maximum atomic E-state index is 13.1. The largest absolute Gasteiger partial charge is 0.352 e. The molecule has 0 saturated carbocycles. The van der Waals surface area contributed by atoms with Crippen LogP contribution in [-0.2, 0) is 6.54 Å². The molecule has 0 aliphatic heterocycles. The molecule has 0 radical (unpaired) electrons. The van der Waals surface area contributed by atoms with Crippen LogP contribution in [0, 0.1) is 12.8 Å². The zero-order valence-corrected chi connectivity index (χ0v) is 16.8. The van der Waals surface area contributed by atoms with E-state index < -0.39 is 17.2 Å². The number of carbonyl (C=O) groups is 1. The molecular weight excluding hydrogens is 368 g/mol. The average molecular weight is 392 g/mol. The molecule has 0 atom stereocenters. The number of rotatable bonds is 6. The molecule has 0 saturated heterocycles. The Morgan fingerprint density at radius 1 is 1.03 bits per heavy atom. The van der Waals surface area contributed by atoms with Gasteiger partial charge in [-0.05, 0) is 30.5 Å². The van der Waals surface area contributed by atoms with Crippen LogP contribution in [0.25, 0.3) is 5.69 Å². The van der Waals surface area contributed by atoms with Crippen LogP contribution in [0.4, 0.5) is 0 Å². The lowest BCUT2D eigenvalue weighted by Crippen LogP contribution is -2.46. The van der Waals surface area contributed by atoms with Gasteiger partial charge in [0.1, 0.15) is 0 Å². The zero-order valence-electron chi connectivity index (χ0n) is 16.8. The third kappa shape index (κ3) is 4.68. The van der Waals surface area contributed by atoms with Crippen LogP contribution < -0.4 is 16.6 Å². The zero-order chi connectivity index (χ0) is 21.0. The number of aryl methyl sites for hydroxylation is 1. The van der Waals surface area contributed by atoms with Crippen molar-refractivity contribution in [1.82, 2.24) is 19.7 Å². The fourth-order valence-electron chi connectivity index (χ4n) is 2.80. The van der Waals surface area contributed by atoms with Crippen molar-refractivity contribution >= 4 is 5.91 Å². The molecule has 0 aliphatic carbocycles. The van der Waals surface area contributed by atoms with Gasteiger partial charge in [-0.15, -0.1) is 0 Å². The van der Waals surface area contributed by atoms with Crippen LogP contribution >= 0.6 is 0 Å². The molecule has 0 bridgehead atoms. The topological polar surface area (TPSA) is 86.0 Å². The Morgan fingerprint density at radius 2 is 1.69 bits per heavy atom. The van der Waals surface area contributed by atoms with Gasteiger partial charge in [0.25, 0.3) is 11.5 Å². The van der Waals surface area contributed by atoms with E-state index in [0.717, 1.165) is 20.4 Å². The first-order valence-electron chi connectivity index (χ1n) is 9.50. The van der Waals surface area contributed by atoms with Crippen LogP contribution in [0.2, 0.25) is 0 Å². The summed E-state index contributed by atoms with van der Waals surface area (Å²) in [6, 6.07) is 16.3. The molecule has 1 aromatic heterocycles. The van der Waals surface area contributed by atoms with Crippen LogP contribution in [0.3, 0.4) is 0 Å². The fourth-order valence-corrected chi connectivity index (χ4v) is 2.80. The van der Waals surface area contributed by atoms with Crippen LogP contribution in [0.15, 0.2) is 64.2 Å². The molecule has 7 heteroatoms. The van der Waals surface area contributed by atoms with E-state index in [1.807, 2.05) is 63.2 Å². The van der Waals surface area contributed by atoms with E-state index >= 15 is 0 Å². The normalized spacial score (nSPS) is 10.9. The Labute approximate surface area is 168 Å². The Bertz CT molecular complexity index is 1110. The highest BCUT2D eigenvalue weighted by atomic mass is 16.2. The number of carbonyl (C=O) groups excluding carboxylic acids is 1. The molecule has 1 amide bonds. The summed E-state index contributed by atoms with van der Waals surface area (Å²) >= 11 is 0. The maximum absolute atomic E-state index is 13.1. The number of aromatic nitrogens is 3. The molecule has 3 rings (SSSR count). The lowest BCUT2D eigenvalue weighted by Gasteiger charge is -2.13. The van der Waals surface area contributed by atoms with Crippen molar-refractivity contribution in [2.45, 2.75) is 27.3 Å². The summed E-state index contributed by atoms with van der Waals surface area (Å²) in [6.45, 7) is 6.30. The summed E-state index contributed by atoms with van der Waals surface area (Å²) in [4.78, 5) is 38.6. The summed E-state index contributed by atoms with van der Waals surface area (Å²) in [5, 5.41) is 6.82. The van der Waals surface area contributed by atoms with Gasteiger partial charge in [0.15, 0.2) is 0 Å². The second-order valence-electron chi connectivity index (χ2n) is 7.36. The highest BCUT2D eigenvalue weighted by molar-refractivity contribution is 5.91. The summed E-state index contributed by atoms with van der Waals surface area (Å²) in [5.74, 6) is -0.375. The number of amides is 1. The first-order valence-corrected chi connectivity index (χ1v) is 9.50. The quantitative estimate of drug-likeness (QED) is 0.696. The molecule has 1 N–H and O–H groups in total. The van der Waals surface area contributed by atoms with Gasteiger partial charge in [-0.25, -0.2) is 4.79 Å². The first kappa shape index (κ1) is 20.3. The molecule has 2 aromatic carbocycles. The lowest BCUT2D eigenvalue weighted by atomic mass is 10.2. The second-order valence-corrected chi connectivity index (χ2v) is 7.36. The summed E-state index contributed by atoms with van der Waals surface area (Å²) in [6.07, 6.45) is 0. The highest BCUT2D eigenvalue weighted by Gasteiger charge is 2.20. The van der Waals surface area contributed by atoms with E-state index in [1.54, 1.807) is 12.1 Å². The van der Waals surface area contributed by atoms with E-state index in [1.165, 1.54) is 0 Å². The Kier molecular flexibility index (Phi) is 6.07. The van der Waals surface area contributed by atoms with Crippen molar-refractivity contribution in [2.75, 3.05) is 6.54 Å². The summed E-state index contributed by atoms with van der Waals surface area (Å²) < 4.78 is 2.15. The molecule has 1 heterocycles. The molecule has 0 unspecified atom stereocenters. The van der Waals surface area contributed by atoms with Crippen molar-refractivity contribution < 1.29 is 4.79 Å². The third-order valence-corrected chi connectivity index (χ3v) is 4.41. The van der Waals surface area contributed by atoms with Gasteiger partial charge in [0.2, 0.25) is 5.69 Å². The highest BCUT2D eigenvalue weighted by Crippen LogP contribution is 2.06. The van der Waals surface area contributed by atoms with E-state index in [-0.39, 0.29) is 18.2 Å². The summed E-state index contributed by atoms with van der Waals surface area (Å²) in [5.41, 5.74) is 0.685. The smallest absolute Gasteiger partial charge is 0.350 e. The van der Waals surface area contributed by atoms with Gasteiger partial charge >= 0.3 is 5.69 Å². The van der Waals surface area contributed by atoms with Gasteiger partial charge in [-0.3, -0.25) is 14.2 Å². The van der Waals surface area contributed by atoms with E-state index in [4.69, 9.17) is 0 Å². The van der Waals surface area contributed by atoms with Crippen molar-refractivity contribution in [1.29, 1.82) is 0 Å². The van der Waals surface area contributed by atoms with E-state index in [0.29, 0.717) is 12.2 Å². The number of hydrogen-bond acceptors (Lipinski definition) is 4. The molecule has 150 valence electrons. The van der Waals surface area contributed by atoms with Crippen molar-refractivity contribution in [2.24, 2.45) is 5.92 Å². The minimum atomic E-state index is -0.705. The minimum absolute atomic E-state index is 0.0529. The average Bonchev–Trinajstić information content (AvgIpc) is 2.71. The molecule has 29 heavy (non-hydrogen) atoms. The number of hydrogen-bond donors (Lipinski definition) is 1. The Balaban J connectivity index is 2.15. The predicted octanol–water partition coefficient (Wildman–Crippen LogP) is 2.14. The van der Waals surface area contributed by atoms with Crippen molar-refractivity contribution in [3.8, 4) is 5.69 Å². The summed E-state index contributed by atoms with van der Waals surface area (Å²) in [7, 11) is 0. The third-order valence-electron chi connectivity index (χ3n) is 4.41. The second kappa shape index (κ2) is 8.68. The minimum Gasteiger partial charge on any atom is -0.350 e. The van der Waals surface area contributed by atoms with Gasteiger partial charge < -0.3 is 5.32 Å². The standard InChI is InChI=1S/C22H24N4O3/c1-15(2)13-23-20(27)19-21(28)25(14-17-7-5-4-6-8-17)22(29)26(24-19)18-11-9-16(3)10-12-18/h4-12,15H,13-14H2,1-3H3,(H,23,27). The van der Waals surface area contributed by atoms with Gasteiger partial charge in [0, 0.05) is 6.54 Å². The molecule has 3 aromatic rings. The van der Waals surface area contributed by atoms with Gasteiger partial charge in [0.05, 0.1) is 12.2 Å². The molecule has 0 fully saturated rings. The van der Waals surface area contributed by atoms with E-state index in [2.05, 4.69) is 10.4 Å². The van der Waals surface area contributed by atoms with Crippen molar-refractivity contribution in [3.63, 3.8) is 0 Å². The molecule has 0 spiro atoms. The van der Waals surface area contributed by atoms with Crippen LogP contribution in [0.1, 0.15) is 35.5 Å². The Hall–Kier alpha value is -3.48. The van der Waals surface area contributed by atoms with Gasteiger partial charge in [-0.1, -0.05) is 61.9 Å². The van der Waals surface area contributed by atoms with E-state index in [9.17, 15) is 14.4 Å². The number of nitrogens with one attached hydrogen (secondary N) is 1. The lowest BCUT2D eigenvalue weighted by molar-refractivity contribution is 0.0939. The van der Waals surface area contributed by atoms with Crippen LogP contribution in [0.5, 0.6) is 0 Å². The maximum Gasteiger partial charge on any atom is 0.352 e.